The molecule has 24 heavy (non-hydrogen) atoms. The maximum absolute atomic E-state index is 12.5. The molecule has 0 aliphatic heterocycles. The Kier molecular flexibility index (Phi) is 4.74. The normalized spacial score (nSPS) is 15.8. The molecular formula is C20H26N2O2. The highest BCUT2D eigenvalue weighted by atomic mass is 16.5. The number of nitrogens with zero attached hydrogens (tertiary/aromatic N) is 1. The zero-order valence-corrected chi connectivity index (χ0v) is 14.9. The number of hydrogen-bond acceptors (Lipinski definition) is 3. The Bertz CT molecular complexity index is 697. The van der Waals surface area contributed by atoms with Gasteiger partial charge in [-0.1, -0.05) is 57.1 Å². The molecule has 0 bridgehead atoms. The molecule has 1 atom stereocenters. The highest BCUT2D eigenvalue weighted by Crippen LogP contribution is 2.40. The van der Waals surface area contributed by atoms with Crippen LogP contribution in [-0.4, -0.2) is 11.1 Å². The molecule has 4 nitrogen and oxygen atoms in total. The van der Waals surface area contributed by atoms with Crippen molar-refractivity contribution in [3.8, 4) is 0 Å². The van der Waals surface area contributed by atoms with E-state index in [0.29, 0.717) is 17.5 Å². The molecule has 1 aliphatic rings. The fourth-order valence-electron chi connectivity index (χ4n) is 2.89. The number of benzene rings is 1. The molecule has 0 saturated heterocycles. The van der Waals surface area contributed by atoms with Gasteiger partial charge < -0.3 is 9.84 Å². The number of carbonyl (C=O) groups excluding carboxylic acids is 1. The van der Waals surface area contributed by atoms with Crippen LogP contribution in [0.3, 0.4) is 0 Å². The van der Waals surface area contributed by atoms with Gasteiger partial charge in [0.2, 0.25) is 0 Å². The third-order valence-corrected chi connectivity index (χ3v) is 4.66. The lowest BCUT2D eigenvalue weighted by Crippen LogP contribution is -2.32. The number of carbonyl (C=O) groups is 1. The third kappa shape index (κ3) is 3.69. The van der Waals surface area contributed by atoms with Crippen LogP contribution >= 0.6 is 0 Å². The van der Waals surface area contributed by atoms with Crippen LogP contribution in [0.2, 0.25) is 0 Å². The SMILES string of the molecule is CC(C)c1ccc(C(NC(=O)c2cc(C3CC3)on2)C(C)C)cc1. The molecule has 1 aromatic carbocycles. The monoisotopic (exact) mass is 326 g/mol. The lowest BCUT2D eigenvalue weighted by Gasteiger charge is -2.23. The van der Waals surface area contributed by atoms with E-state index in [9.17, 15) is 4.79 Å². The van der Waals surface area contributed by atoms with E-state index < -0.39 is 0 Å². The molecular weight excluding hydrogens is 300 g/mol. The summed E-state index contributed by atoms with van der Waals surface area (Å²) in [6, 6.07) is 10.2. The van der Waals surface area contributed by atoms with Gasteiger partial charge in [-0.05, 0) is 35.8 Å². The summed E-state index contributed by atoms with van der Waals surface area (Å²) in [5.74, 6) is 1.92. The first kappa shape index (κ1) is 16.7. The second kappa shape index (κ2) is 6.80. The summed E-state index contributed by atoms with van der Waals surface area (Å²) in [4.78, 5) is 12.5. The number of hydrogen-bond donors (Lipinski definition) is 1. The minimum atomic E-state index is -0.169. The molecule has 0 spiro atoms. The molecule has 1 heterocycles. The predicted molar refractivity (Wildman–Crippen MR) is 94.1 cm³/mol. The van der Waals surface area contributed by atoms with E-state index >= 15 is 0 Å². The second-order valence-electron chi connectivity index (χ2n) is 7.41. The lowest BCUT2D eigenvalue weighted by molar-refractivity contribution is 0.0916. The van der Waals surface area contributed by atoms with E-state index in [2.05, 4.69) is 62.4 Å². The van der Waals surface area contributed by atoms with Crippen molar-refractivity contribution in [2.75, 3.05) is 0 Å². The second-order valence-corrected chi connectivity index (χ2v) is 7.41. The molecule has 0 radical (unpaired) electrons. The van der Waals surface area contributed by atoms with Gasteiger partial charge in [0, 0.05) is 12.0 Å². The fraction of sp³-hybridized carbons (Fsp3) is 0.500. The molecule has 128 valence electrons. The predicted octanol–water partition coefficient (Wildman–Crippen LogP) is 4.80. The summed E-state index contributed by atoms with van der Waals surface area (Å²) in [7, 11) is 0. The summed E-state index contributed by atoms with van der Waals surface area (Å²) in [5.41, 5.74) is 2.80. The highest BCUT2D eigenvalue weighted by molar-refractivity contribution is 5.92. The van der Waals surface area contributed by atoms with Crippen LogP contribution in [-0.2, 0) is 0 Å². The van der Waals surface area contributed by atoms with E-state index in [4.69, 9.17) is 4.52 Å². The molecule has 1 saturated carbocycles. The first-order valence-electron chi connectivity index (χ1n) is 8.83. The standard InChI is InChI=1S/C20H26N2O2/c1-12(2)14-5-9-16(10-6-14)19(13(3)4)21-20(23)17-11-18(24-22-17)15-7-8-15/h5-6,9-13,15,19H,7-8H2,1-4H3,(H,21,23). The first-order chi connectivity index (χ1) is 11.5. The van der Waals surface area contributed by atoms with Crippen LogP contribution in [0.25, 0.3) is 0 Å². The van der Waals surface area contributed by atoms with Crippen LogP contribution in [0.15, 0.2) is 34.9 Å². The van der Waals surface area contributed by atoms with Crippen molar-refractivity contribution in [1.29, 1.82) is 0 Å². The van der Waals surface area contributed by atoms with Gasteiger partial charge in [-0.2, -0.15) is 0 Å². The van der Waals surface area contributed by atoms with E-state index in [1.165, 1.54) is 5.56 Å². The van der Waals surface area contributed by atoms with Gasteiger partial charge in [-0.25, -0.2) is 0 Å². The Morgan fingerprint density at radius 3 is 2.29 bits per heavy atom. The molecule has 3 rings (SSSR count). The minimum absolute atomic E-state index is 0.0419. The van der Waals surface area contributed by atoms with Crippen molar-refractivity contribution in [3.05, 3.63) is 52.9 Å². The summed E-state index contributed by atoms with van der Waals surface area (Å²) >= 11 is 0. The Hall–Kier alpha value is -2.10. The van der Waals surface area contributed by atoms with E-state index in [-0.39, 0.29) is 17.9 Å². The zero-order valence-electron chi connectivity index (χ0n) is 14.9. The molecule has 1 amide bonds. The van der Waals surface area contributed by atoms with E-state index in [0.717, 1.165) is 24.2 Å². The third-order valence-electron chi connectivity index (χ3n) is 4.66. The van der Waals surface area contributed by atoms with Gasteiger partial charge in [0.25, 0.3) is 5.91 Å². The maximum atomic E-state index is 12.5. The maximum Gasteiger partial charge on any atom is 0.273 e. The smallest absolute Gasteiger partial charge is 0.273 e. The topological polar surface area (TPSA) is 55.1 Å². The number of rotatable bonds is 6. The number of aromatic nitrogens is 1. The summed E-state index contributed by atoms with van der Waals surface area (Å²) in [6.45, 7) is 8.58. The zero-order chi connectivity index (χ0) is 17.3. The fourth-order valence-corrected chi connectivity index (χ4v) is 2.89. The quantitative estimate of drug-likeness (QED) is 0.829. The molecule has 1 N–H and O–H groups in total. The van der Waals surface area contributed by atoms with Crippen molar-refractivity contribution < 1.29 is 9.32 Å². The lowest BCUT2D eigenvalue weighted by atomic mass is 9.93. The molecule has 1 fully saturated rings. The molecule has 2 aromatic rings. The molecule has 1 unspecified atom stereocenters. The van der Waals surface area contributed by atoms with Crippen molar-refractivity contribution in [3.63, 3.8) is 0 Å². The Morgan fingerprint density at radius 1 is 1.12 bits per heavy atom. The van der Waals surface area contributed by atoms with Crippen LogP contribution in [0.1, 0.15) is 85.8 Å². The number of amides is 1. The molecule has 1 aliphatic carbocycles. The summed E-state index contributed by atoms with van der Waals surface area (Å²) in [6.07, 6.45) is 2.26. The Labute approximate surface area is 143 Å². The Balaban J connectivity index is 1.73. The van der Waals surface area contributed by atoms with Crippen molar-refractivity contribution in [2.24, 2.45) is 5.92 Å². The van der Waals surface area contributed by atoms with Gasteiger partial charge in [-0.15, -0.1) is 0 Å². The van der Waals surface area contributed by atoms with Crippen LogP contribution in [0.5, 0.6) is 0 Å². The molecule has 1 aromatic heterocycles. The van der Waals surface area contributed by atoms with Crippen molar-refractivity contribution in [2.45, 2.75) is 58.4 Å². The van der Waals surface area contributed by atoms with Gasteiger partial charge in [0.15, 0.2) is 5.69 Å². The van der Waals surface area contributed by atoms with Gasteiger partial charge in [0.05, 0.1) is 6.04 Å². The largest absolute Gasteiger partial charge is 0.360 e. The van der Waals surface area contributed by atoms with Gasteiger partial charge in [-0.3, -0.25) is 4.79 Å². The number of nitrogens with one attached hydrogen (secondary N) is 1. The Morgan fingerprint density at radius 2 is 1.75 bits per heavy atom. The average molecular weight is 326 g/mol. The minimum Gasteiger partial charge on any atom is -0.360 e. The van der Waals surface area contributed by atoms with Crippen LogP contribution in [0, 0.1) is 5.92 Å². The van der Waals surface area contributed by atoms with Crippen molar-refractivity contribution >= 4 is 5.91 Å². The van der Waals surface area contributed by atoms with Crippen molar-refractivity contribution in [1.82, 2.24) is 10.5 Å². The van der Waals surface area contributed by atoms with Crippen LogP contribution < -0.4 is 5.32 Å². The van der Waals surface area contributed by atoms with Gasteiger partial charge >= 0.3 is 0 Å². The molecule has 4 heteroatoms. The summed E-state index contributed by atoms with van der Waals surface area (Å²) < 4.78 is 5.29. The first-order valence-corrected chi connectivity index (χ1v) is 8.83. The van der Waals surface area contributed by atoms with E-state index in [1.807, 2.05) is 0 Å². The highest BCUT2D eigenvalue weighted by Gasteiger charge is 2.29. The van der Waals surface area contributed by atoms with E-state index in [1.54, 1.807) is 6.07 Å². The van der Waals surface area contributed by atoms with Crippen LogP contribution in [0.4, 0.5) is 0 Å². The van der Waals surface area contributed by atoms with Gasteiger partial charge in [0.1, 0.15) is 5.76 Å². The average Bonchev–Trinajstić information content (AvgIpc) is 3.29. The summed E-state index contributed by atoms with van der Waals surface area (Å²) in [5, 5.41) is 7.04.